The molecule has 1 aliphatic heterocycles. The monoisotopic (exact) mass is 199 g/mol. The molecule has 2 rings (SSSR count). The van der Waals surface area contributed by atoms with Crippen LogP contribution in [0, 0.1) is 0 Å². The SMILES string of the molecule is F[C@@]1(c2ccccc2Cl)CCNC1. The van der Waals surface area contributed by atoms with Crippen molar-refractivity contribution in [3.05, 3.63) is 34.9 Å². The zero-order valence-corrected chi connectivity index (χ0v) is 7.94. The molecule has 1 saturated heterocycles. The summed E-state index contributed by atoms with van der Waals surface area (Å²) in [6.45, 7) is 1.10. The van der Waals surface area contributed by atoms with Crippen LogP contribution in [0.15, 0.2) is 24.3 Å². The molecule has 1 N–H and O–H groups in total. The Kier molecular flexibility index (Phi) is 2.26. The van der Waals surface area contributed by atoms with E-state index < -0.39 is 5.67 Å². The molecule has 0 bridgehead atoms. The highest BCUT2D eigenvalue weighted by Gasteiger charge is 2.36. The van der Waals surface area contributed by atoms with Crippen LogP contribution in [0.2, 0.25) is 5.02 Å². The highest BCUT2D eigenvalue weighted by molar-refractivity contribution is 6.31. The average Bonchev–Trinajstić information content (AvgIpc) is 2.54. The molecule has 13 heavy (non-hydrogen) atoms. The van der Waals surface area contributed by atoms with Gasteiger partial charge in [0.1, 0.15) is 0 Å². The fraction of sp³-hybridized carbons (Fsp3) is 0.400. The zero-order valence-electron chi connectivity index (χ0n) is 7.19. The van der Waals surface area contributed by atoms with Gasteiger partial charge in [-0.1, -0.05) is 29.8 Å². The number of halogens is 2. The Morgan fingerprint density at radius 3 is 2.77 bits per heavy atom. The lowest BCUT2D eigenvalue weighted by atomic mass is 9.95. The first-order valence-corrected chi connectivity index (χ1v) is 4.75. The van der Waals surface area contributed by atoms with Gasteiger partial charge in [-0.2, -0.15) is 0 Å². The fourth-order valence-corrected chi connectivity index (χ4v) is 2.02. The van der Waals surface area contributed by atoms with Crippen LogP contribution < -0.4 is 5.32 Å². The van der Waals surface area contributed by atoms with Crippen LogP contribution in [0.4, 0.5) is 4.39 Å². The topological polar surface area (TPSA) is 12.0 Å². The van der Waals surface area contributed by atoms with E-state index in [2.05, 4.69) is 5.32 Å². The molecular weight excluding hydrogens is 189 g/mol. The fourth-order valence-electron chi connectivity index (χ4n) is 1.72. The molecular formula is C10H11ClFN. The Hall–Kier alpha value is -0.600. The van der Waals surface area contributed by atoms with Gasteiger partial charge in [-0.3, -0.25) is 0 Å². The van der Waals surface area contributed by atoms with Crippen molar-refractivity contribution in [2.45, 2.75) is 12.1 Å². The molecule has 0 radical (unpaired) electrons. The molecule has 0 aliphatic carbocycles. The molecule has 1 aromatic carbocycles. The quantitative estimate of drug-likeness (QED) is 0.733. The second-order valence-electron chi connectivity index (χ2n) is 3.37. The highest BCUT2D eigenvalue weighted by atomic mass is 35.5. The Morgan fingerprint density at radius 1 is 1.38 bits per heavy atom. The smallest absolute Gasteiger partial charge is 0.151 e. The highest BCUT2D eigenvalue weighted by Crippen LogP contribution is 2.36. The van der Waals surface area contributed by atoms with Crippen LogP contribution in [0.25, 0.3) is 0 Å². The predicted octanol–water partition coefficient (Wildman–Crippen LogP) is 2.50. The molecule has 1 aliphatic rings. The van der Waals surface area contributed by atoms with E-state index in [0.29, 0.717) is 23.6 Å². The van der Waals surface area contributed by atoms with Crippen molar-refractivity contribution in [1.29, 1.82) is 0 Å². The summed E-state index contributed by atoms with van der Waals surface area (Å²) < 4.78 is 14.2. The maximum absolute atomic E-state index is 14.2. The van der Waals surface area contributed by atoms with Crippen LogP contribution in [0.5, 0.6) is 0 Å². The molecule has 3 heteroatoms. The second kappa shape index (κ2) is 3.28. The predicted molar refractivity (Wildman–Crippen MR) is 51.7 cm³/mol. The molecule has 70 valence electrons. The summed E-state index contributed by atoms with van der Waals surface area (Å²) in [6, 6.07) is 7.13. The molecule has 1 fully saturated rings. The van der Waals surface area contributed by atoms with E-state index in [1.54, 1.807) is 12.1 Å². The molecule has 1 nitrogen and oxygen atoms in total. The maximum atomic E-state index is 14.2. The summed E-state index contributed by atoms with van der Waals surface area (Å²) in [5, 5.41) is 3.53. The van der Waals surface area contributed by atoms with Gasteiger partial charge in [0.15, 0.2) is 5.67 Å². The van der Waals surface area contributed by atoms with Crippen LogP contribution in [0.3, 0.4) is 0 Å². The van der Waals surface area contributed by atoms with E-state index in [9.17, 15) is 4.39 Å². The van der Waals surface area contributed by atoms with Gasteiger partial charge in [0.25, 0.3) is 0 Å². The number of hydrogen-bond donors (Lipinski definition) is 1. The van der Waals surface area contributed by atoms with Crippen molar-refractivity contribution < 1.29 is 4.39 Å². The molecule has 1 aromatic rings. The largest absolute Gasteiger partial charge is 0.313 e. The van der Waals surface area contributed by atoms with Crippen LogP contribution in [-0.4, -0.2) is 13.1 Å². The Morgan fingerprint density at radius 2 is 2.15 bits per heavy atom. The van der Waals surface area contributed by atoms with Gasteiger partial charge in [0, 0.05) is 17.1 Å². The Bertz CT molecular complexity index is 308. The van der Waals surface area contributed by atoms with E-state index in [0.717, 1.165) is 6.54 Å². The molecule has 0 aromatic heterocycles. The first-order valence-electron chi connectivity index (χ1n) is 4.37. The number of rotatable bonds is 1. The summed E-state index contributed by atoms with van der Waals surface area (Å²) in [6.07, 6.45) is 0.511. The van der Waals surface area contributed by atoms with Crippen LogP contribution in [0.1, 0.15) is 12.0 Å². The standard InChI is InChI=1S/C10H11ClFN/c11-9-4-2-1-3-8(9)10(12)5-6-13-7-10/h1-4,13H,5-7H2/t10-/m0/s1. The summed E-state index contributed by atoms with van der Waals surface area (Å²) in [4.78, 5) is 0. The molecule has 0 spiro atoms. The van der Waals surface area contributed by atoms with Gasteiger partial charge in [-0.25, -0.2) is 4.39 Å². The molecule has 0 unspecified atom stereocenters. The van der Waals surface area contributed by atoms with Gasteiger partial charge in [-0.15, -0.1) is 0 Å². The summed E-state index contributed by atoms with van der Waals surface area (Å²) >= 11 is 5.93. The lowest BCUT2D eigenvalue weighted by Crippen LogP contribution is -2.23. The first kappa shape index (κ1) is 8.97. The van der Waals surface area contributed by atoms with Gasteiger partial charge in [-0.05, 0) is 19.0 Å². The number of alkyl halides is 1. The number of benzene rings is 1. The third-order valence-corrected chi connectivity index (χ3v) is 2.79. The third-order valence-electron chi connectivity index (χ3n) is 2.46. The van der Waals surface area contributed by atoms with Gasteiger partial charge >= 0.3 is 0 Å². The van der Waals surface area contributed by atoms with Crippen molar-refractivity contribution in [3.63, 3.8) is 0 Å². The second-order valence-corrected chi connectivity index (χ2v) is 3.78. The van der Waals surface area contributed by atoms with Crippen molar-refractivity contribution in [1.82, 2.24) is 5.32 Å². The third kappa shape index (κ3) is 1.56. The number of hydrogen-bond acceptors (Lipinski definition) is 1. The van der Waals surface area contributed by atoms with Crippen LogP contribution in [-0.2, 0) is 5.67 Å². The minimum atomic E-state index is -1.27. The van der Waals surface area contributed by atoms with E-state index in [1.807, 2.05) is 12.1 Å². The lowest BCUT2D eigenvalue weighted by Gasteiger charge is -2.19. The Balaban J connectivity index is 2.39. The summed E-state index contributed by atoms with van der Waals surface area (Å²) in [5.74, 6) is 0. The van der Waals surface area contributed by atoms with E-state index >= 15 is 0 Å². The number of nitrogens with one attached hydrogen (secondary N) is 1. The van der Waals surface area contributed by atoms with Crippen molar-refractivity contribution in [2.75, 3.05) is 13.1 Å². The van der Waals surface area contributed by atoms with Crippen molar-refractivity contribution in [2.24, 2.45) is 0 Å². The van der Waals surface area contributed by atoms with E-state index in [4.69, 9.17) is 11.6 Å². The van der Waals surface area contributed by atoms with Gasteiger partial charge in [0.05, 0.1) is 0 Å². The van der Waals surface area contributed by atoms with Gasteiger partial charge < -0.3 is 5.32 Å². The zero-order chi connectivity index (χ0) is 9.31. The van der Waals surface area contributed by atoms with E-state index in [1.165, 1.54) is 0 Å². The maximum Gasteiger partial charge on any atom is 0.151 e. The normalized spacial score (nSPS) is 27.8. The average molecular weight is 200 g/mol. The minimum absolute atomic E-state index is 0.372. The summed E-state index contributed by atoms with van der Waals surface area (Å²) in [7, 11) is 0. The van der Waals surface area contributed by atoms with E-state index in [-0.39, 0.29) is 0 Å². The summed E-state index contributed by atoms with van der Waals surface area (Å²) in [5.41, 5.74) is -0.653. The first-order chi connectivity index (χ1) is 6.22. The van der Waals surface area contributed by atoms with Gasteiger partial charge in [0.2, 0.25) is 0 Å². The minimum Gasteiger partial charge on any atom is -0.313 e. The molecule has 1 atom stereocenters. The molecule has 0 saturated carbocycles. The van der Waals surface area contributed by atoms with Crippen LogP contribution >= 0.6 is 11.6 Å². The molecule has 0 amide bonds. The van der Waals surface area contributed by atoms with Crippen molar-refractivity contribution in [3.8, 4) is 0 Å². The lowest BCUT2D eigenvalue weighted by molar-refractivity contribution is 0.193. The van der Waals surface area contributed by atoms with Crippen molar-refractivity contribution >= 4 is 11.6 Å². The molecule has 1 heterocycles. The Labute approximate surface area is 81.9 Å².